The summed E-state index contributed by atoms with van der Waals surface area (Å²) in [4.78, 5) is 41.8. The minimum Gasteiger partial charge on any atom is -0.495 e. The lowest BCUT2D eigenvalue weighted by Gasteiger charge is -2.39. The summed E-state index contributed by atoms with van der Waals surface area (Å²) in [6, 6.07) is 8.49. The van der Waals surface area contributed by atoms with Gasteiger partial charge in [0.15, 0.2) is 0 Å². The first-order valence-electron chi connectivity index (χ1n) is 19.3. The maximum Gasteiger partial charge on any atom is 0.243 e. The van der Waals surface area contributed by atoms with Crippen LogP contribution in [0.1, 0.15) is 52.9 Å². The quantitative estimate of drug-likeness (QED) is 0.122. The molecule has 4 N–H and O–H groups in total. The van der Waals surface area contributed by atoms with Gasteiger partial charge in [-0.05, 0) is 55.4 Å². The Labute approximate surface area is 338 Å². The number of benzene rings is 1. The van der Waals surface area contributed by atoms with Crippen LogP contribution in [0.2, 0.25) is 5.02 Å². The van der Waals surface area contributed by atoms with Crippen molar-refractivity contribution >= 4 is 44.3 Å². The summed E-state index contributed by atoms with van der Waals surface area (Å²) in [6.07, 6.45) is 1.03. The SMILES string of the molecule is C=CC[C@@H](NC(=O)[C@@H]1CC(Oc2cc(-c3ccccn3)nc3c(Cl)c(OC)ccc23)CN1C(=O)[C@@H](CC(O)N1CCOCC1)C(C)(C)C)C(O)NS(=O)(=O)C1CC1. The smallest absolute Gasteiger partial charge is 0.243 e. The van der Waals surface area contributed by atoms with Gasteiger partial charge in [-0.1, -0.05) is 44.5 Å². The average molecular weight is 829 g/mol. The van der Waals surface area contributed by atoms with Gasteiger partial charge >= 0.3 is 0 Å². The normalized spacial score (nSPS) is 21.4. The molecule has 310 valence electrons. The van der Waals surface area contributed by atoms with Gasteiger partial charge in [0, 0.05) is 43.1 Å². The van der Waals surface area contributed by atoms with Crippen molar-refractivity contribution in [3.63, 3.8) is 0 Å². The van der Waals surface area contributed by atoms with Gasteiger partial charge in [-0.3, -0.25) is 19.5 Å². The highest BCUT2D eigenvalue weighted by molar-refractivity contribution is 7.90. The highest BCUT2D eigenvalue weighted by atomic mass is 35.5. The number of aromatic nitrogens is 2. The lowest BCUT2D eigenvalue weighted by atomic mass is 9.77. The largest absolute Gasteiger partial charge is 0.495 e. The second-order valence-electron chi connectivity index (χ2n) is 15.9. The van der Waals surface area contributed by atoms with Gasteiger partial charge in [-0.2, -0.15) is 4.72 Å². The zero-order valence-electron chi connectivity index (χ0n) is 32.8. The molecule has 2 amide bonds. The van der Waals surface area contributed by atoms with Gasteiger partial charge in [0.1, 0.15) is 41.1 Å². The first-order chi connectivity index (χ1) is 27.1. The number of pyridine rings is 2. The maximum atomic E-state index is 14.8. The van der Waals surface area contributed by atoms with Crippen LogP contribution in [0.4, 0.5) is 0 Å². The molecule has 3 fully saturated rings. The monoisotopic (exact) mass is 828 g/mol. The molecule has 3 unspecified atom stereocenters. The van der Waals surface area contributed by atoms with E-state index in [0.29, 0.717) is 72.9 Å². The second-order valence-corrected chi connectivity index (χ2v) is 18.3. The summed E-state index contributed by atoms with van der Waals surface area (Å²) in [5.41, 5.74) is 0.837. The van der Waals surface area contributed by atoms with Crippen LogP contribution in [0.3, 0.4) is 0 Å². The van der Waals surface area contributed by atoms with Crippen LogP contribution < -0.4 is 19.5 Å². The number of hydrogen-bond acceptors (Lipinski definition) is 12. The van der Waals surface area contributed by atoms with E-state index in [1.165, 1.54) is 18.1 Å². The molecule has 0 radical (unpaired) electrons. The minimum absolute atomic E-state index is 0.00671. The zero-order valence-corrected chi connectivity index (χ0v) is 34.3. The third kappa shape index (κ3) is 10.0. The van der Waals surface area contributed by atoms with Gasteiger partial charge in [-0.15, -0.1) is 6.58 Å². The minimum atomic E-state index is -3.80. The number of likely N-dealkylation sites (tertiary alicyclic amines) is 1. The van der Waals surface area contributed by atoms with E-state index in [1.807, 2.05) is 31.7 Å². The molecule has 2 aromatic heterocycles. The number of methoxy groups -OCH3 is 1. The van der Waals surface area contributed by atoms with E-state index < -0.39 is 63.2 Å². The molecule has 0 bridgehead atoms. The summed E-state index contributed by atoms with van der Waals surface area (Å²) >= 11 is 6.78. The van der Waals surface area contributed by atoms with Crippen molar-refractivity contribution in [2.75, 3.05) is 40.0 Å². The van der Waals surface area contributed by atoms with Gasteiger partial charge in [0.2, 0.25) is 21.8 Å². The number of aliphatic hydroxyl groups is 2. The molecule has 6 atom stereocenters. The highest BCUT2D eigenvalue weighted by Crippen LogP contribution is 2.40. The van der Waals surface area contributed by atoms with Gasteiger partial charge in [0.25, 0.3) is 0 Å². The van der Waals surface area contributed by atoms with E-state index in [0.717, 1.165) is 0 Å². The summed E-state index contributed by atoms with van der Waals surface area (Å²) in [5.74, 6) is -0.855. The predicted octanol–water partition coefficient (Wildman–Crippen LogP) is 3.47. The fraction of sp³-hybridized carbons (Fsp3) is 0.550. The molecule has 2 aliphatic heterocycles. The lowest BCUT2D eigenvalue weighted by molar-refractivity contribution is -0.148. The number of nitrogens with zero attached hydrogens (tertiary/aromatic N) is 4. The Balaban J connectivity index is 1.33. The molecule has 1 aliphatic carbocycles. The number of morpholine rings is 1. The number of aliphatic hydroxyl groups excluding tert-OH is 2. The van der Waals surface area contributed by atoms with Crippen LogP contribution in [0.15, 0.2) is 55.3 Å². The number of ether oxygens (including phenoxy) is 3. The molecule has 3 aromatic rings. The van der Waals surface area contributed by atoms with Crippen LogP contribution in [0.25, 0.3) is 22.3 Å². The number of fused-ring (bicyclic) bond motifs is 1. The Morgan fingerprint density at radius 2 is 1.86 bits per heavy atom. The molecule has 1 saturated carbocycles. The summed E-state index contributed by atoms with van der Waals surface area (Å²) in [5, 5.41) is 25.4. The van der Waals surface area contributed by atoms with E-state index in [4.69, 9.17) is 30.8 Å². The Kier molecular flexibility index (Phi) is 13.4. The molecular weight excluding hydrogens is 776 g/mol. The fourth-order valence-corrected chi connectivity index (χ4v) is 9.11. The van der Waals surface area contributed by atoms with Crippen molar-refractivity contribution in [2.24, 2.45) is 11.3 Å². The van der Waals surface area contributed by atoms with Crippen LogP contribution in [0.5, 0.6) is 11.5 Å². The molecule has 6 rings (SSSR count). The summed E-state index contributed by atoms with van der Waals surface area (Å²) in [7, 11) is -2.29. The zero-order chi connectivity index (χ0) is 41.1. The van der Waals surface area contributed by atoms with E-state index >= 15 is 0 Å². The van der Waals surface area contributed by atoms with Crippen molar-refractivity contribution in [1.82, 2.24) is 29.8 Å². The number of hydrogen-bond donors (Lipinski definition) is 4. The summed E-state index contributed by atoms with van der Waals surface area (Å²) < 4.78 is 45.4. The van der Waals surface area contributed by atoms with Crippen molar-refractivity contribution in [3.8, 4) is 22.9 Å². The molecule has 0 spiro atoms. The van der Waals surface area contributed by atoms with Crippen LogP contribution in [0, 0.1) is 11.3 Å². The standard InChI is InChI=1S/C40H53ClN6O9S/c1-6-9-29(37(49)45-57(52,53)25-11-12-25)44-38(50)31-20-24(23-47(31)39(51)27(40(2,3)4)21-34(48)46-16-18-55-19-17-46)56-33-22-30(28-10-7-8-15-42-28)43-36-26(33)13-14-32(54-5)35(36)41/h6-8,10,13-15,22,24-25,27,29,31,34,37,45,48-49H,1,9,11-12,16-21,23H2,2-5H3,(H,44,50)/t24?,27-,29-,31+,34?,37?/m1/s1. The van der Waals surface area contributed by atoms with Gasteiger partial charge in [-0.25, -0.2) is 13.4 Å². The van der Waals surface area contributed by atoms with Crippen molar-refractivity contribution in [2.45, 2.75) is 88.8 Å². The van der Waals surface area contributed by atoms with Crippen molar-refractivity contribution in [1.29, 1.82) is 0 Å². The number of sulfonamides is 1. The number of carbonyl (C=O) groups excluding carboxylic acids is 2. The van der Waals surface area contributed by atoms with E-state index in [-0.39, 0.29) is 36.7 Å². The third-order valence-corrected chi connectivity index (χ3v) is 13.1. The van der Waals surface area contributed by atoms with E-state index in [2.05, 4.69) is 21.6 Å². The van der Waals surface area contributed by atoms with Gasteiger partial charge in [0.05, 0.1) is 55.1 Å². The Morgan fingerprint density at radius 3 is 2.49 bits per heavy atom. The number of nitrogens with one attached hydrogen (secondary N) is 2. The van der Waals surface area contributed by atoms with E-state index in [1.54, 1.807) is 36.5 Å². The van der Waals surface area contributed by atoms with Crippen molar-refractivity contribution in [3.05, 3.63) is 60.3 Å². The molecule has 17 heteroatoms. The Morgan fingerprint density at radius 1 is 1.12 bits per heavy atom. The molecule has 3 aliphatic rings. The number of carbonyl (C=O) groups is 2. The van der Waals surface area contributed by atoms with Crippen molar-refractivity contribution < 1.29 is 42.4 Å². The van der Waals surface area contributed by atoms with Crippen LogP contribution >= 0.6 is 11.6 Å². The van der Waals surface area contributed by atoms with Gasteiger partial charge < -0.3 is 34.6 Å². The number of halogens is 1. The fourth-order valence-electron chi connectivity index (χ4n) is 7.37. The number of amides is 2. The third-order valence-electron chi connectivity index (χ3n) is 10.8. The Hall–Kier alpha value is -3.90. The molecule has 2 saturated heterocycles. The maximum absolute atomic E-state index is 14.8. The molecule has 1 aromatic carbocycles. The first kappa shape index (κ1) is 42.7. The molecular formula is C40H53ClN6O9S. The lowest BCUT2D eigenvalue weighted by Crippen LogP contribution is -2.57. The molecule has 57 heavy (non-hydrogen) atoms. The first-order valence-corrected chi connectivity index (χ1v) is 21.2. The van der Waals surface area contributed by atoms with Crippen LogP contribution in [-0.4, -0.2) is 126 Å². The predicted molar refractivity (Wildman–Crippen MR) is 215 cm³/mol. The Bertz CT molecular complexity index is 2020. The molecule has 15 nitrogen and oxygen atoms in total. The highest BCUT2D eigenvalue weighted by Gasteiger charge is 2.47. The second kappa shape index (κ2) is 17.9. The van der Waals surface area contributed by atoms with Crippen LogP contribution in [-0.2, 0) is 24.3 Å². The number of rotatable bonds is 16. The average Bonchev–Trinajstić information content (AvgIpc) is 3.98. The topological polar surface area (TPSA) is 193 Å². The van der Waals surface area contributed by atoms with E-state index in [9.17, 15) is 28.2 Å². The summed E-state index contributed by atoms with van der Waals surface area (Å²) in [6.45, 7) is 11.5. The molecule has 4 heterocycles.